The van der Waals surface area contributed by atoms with Crippen molar-refractivity contribution < 1.29 is 19.6 Å². The number of carbonyl (C=O) groups excluding carboxylic acids is 3. The van der Waals surface area contributed by atoms with Crippen LogP contribution >= 0.6 is 0 Å². The van der Waals surface area contributed by atoms with Crippen LogP contribution < -0.4 is 16.1 Å². The number of hydrogen-bond acceptors (Lipinski definition) is 4. The Morgan fingerprint density at radius 2 is 1.86 bits per heavy atom. The normalized spacial score (nSPS) is 13.2. The number of rotatable bonds is 9. The van der Waals surface area contributed by atoms with Gasteiger partial charge in [-0.3, -0.25) is 19.6 Å². The Bertz CT molecular complexity index is 797. The Labute approximate surface area is 164 Å². The molecule has 8 nitrogen and oxygen atoms in total. The highest BCUT2D eigenvalue weighted by molar-refractivity contribution is 5.90. The minimum Gasteiger partial charge on any atom is -0.358 e. The predicted molar refractivity (Wildman–Crippen MR) is 105 cm³/mol. The molecule has 3 amide bonds. The second-order valence-electron chi connectivity index (χ2n) is 7.33. The molecule has 0 fully saturated rings. The van der Waals surface area contributed by atoms with E-state index in [1.807, 2.05) is 44.2 Å². The second-order valence-corrected chi connectivity index (χ2v) is 7.33. The summed E-state index contributed by atoms with van der Waals surface area (Å²) in [7, 11) is 1.51. The molecule has 1 aromatic carbocycles. The van der Waals surface area contributed by atoms with Gasteiger partial charge in [0.2, 0.25) is 17.7 Å². The molecular weight excluding hydrogens is 360 g/mol. The van der Waals surface area contributed by atoms with Gasteiger partial charge in [0.15, 0.2) is 0 Å². The lowest BCUT2D eigenvalue weighted by atomic mass is 9.92. The molecule has 5 N–H and O–H groups in total. The highest BCUT2D eigenvalue weighted by Gasteiger charge is 2.28. The Kier molecular flexibility index (Phi) is 7.57. The van der Waals surface area contributed by atoms with Crippen molar-refractivity contribution in [3.8, 4) is 0 Å². The van der Waals surface area contributed by atoms with Crippen LogP contribution in [0.15, 0.2) is 30.3 Å². The van der Waals surface area contributed by atoms with Crippen LogP contribution in [0.5, 0.6) is 0 Å². The van der Waals surface area contributed by atoms with E-state index in [0.717, 1.165) is 16.6 Å². The summed E-state index contributed by atoms with van der Waals surface area (Å²) in [5, 5.41) is 15.1. The molecule has 0 saturated carbocycles. The molecule has 1 unspecified atom stereocenters. The maximum atomic E-state index is 12.8. The summed E-state index contributed by atoms with van der Waals surface area (Å²) >= 11 is 0. The first kappa shape index (κ1) is 21.4. The average molecular weight is 388 g/mol. The highest BCUT2D eigenvalue weighted by Crippen LogP contribution is 2.18. The van der Waals surface area contributed by atoms with Crippen molar-refractivity contribution in [2.75, 3.05) is 7.05 Å². The van der Waals surface area contributed by atoms with Crippen molar-refractivity contribution in [2.24, 2.45) is 11.8 Å². The lowest BCUT2D eigenvalue weighted by Gasteiger charge is -2.22. The highest BCUT2D eigenvalue weighted by atomic mass is 16.5. The second kappa shape index (κ2) is 9.89. The van der Waals surface area contributed by atoms with Crippen LogP contribution in [0.4, 0.5) is 0 Å². The third-order valence-corrected chi connectivity index (χ3v) is 4.57. The van der Waals surface area contributed by atoms with Crippen molar-refractivity contribution in [3.05, 3.63) is 36.0 Å². The van der Waals surface area contributed by atoms with Gasteiger partial charge in [-0.05, 0) is 29.9 Å². The van der Waals surface area contributed by atoms with E-state index in [2.05, 4.69) is 15.6 Å². The quantitative estimate of drug-likeness (QED) is 0.330. The van der Waals surface area contributed by atoms with Gasteiger partial charge in [0.05, 0.1) is 0 Å². The van der Waals surface area contributed by atoms with E-state index in [1.165, 1.54) is 7.05 Å². The summed E-state index contributed by atoms with van der Waals surface area (Å²) in [4.78, 5) is 39.9. The fourth-order valence-electron chi connectivity index (χ4n) is 3.26. The van der Waals surface area contributed by atoms with Crippen LogP contribution in [0.1, 0.15) is 32.4 Å². The first-order valence-electron chi connectivity index (χ1n) is 9.35. The number of benzene rings is 1. The summed E-state index contributed by atoms with van der Waals surface area (Å²) in [6.07, 6.45) is 0.611. The van der Waals surface area contributed by atoms with Crippen molar-refractivity contribution in [3.63, 3.8) is 0 Å². The summed E-state index contributed by atoms with van der Waals surface area (Å²) in [6, 6.07) is 8.93. The van der Waals surface area contributed by atoms with Gasteiger partial charge in [-0.25, -0.2) is 5.48 Å². The van der Waals surface area contributed by atoms with Crippen LogP contribution in [-0.4, -0.2) is 41.0 Å². The lowest BCUT2D eigenvalue weighted by Crippen LogP contribution is -2.49. The molecule has 2 aromatic rings. The van der Waals surface area contributed by atoms with E-state index in [-0.39, 0.29) is 24.2 Å². The molecule has 2 rings (SSSR count). The van der Waals surface area contributed by atoms with Crippen LogP contribution in [0.2, 0.25) is 0 Å². The smallest absolute Gasteiger partial charge is 0.244 e. The molecule has 0 saturated heterocycles. The topological polar surface area (TPSA) is 123 Å². The van der Waals surface area contributed by atoms with Crippen molar-refractivity contribution in [1.82, 2.24) is 21.1 Å². The number of fused-ring (bicyclic) bond motifs is 1. The number of likely N-dealkylation sites (N-methyl/N-ethyl adjacent to an activating group) is 1. The van der Waals surface area contributed by atoms with E-state index in [1.54, 1.807) is 5.48 Å². The molecule has 0 aliphatic heterocycles. The molecule has 152 valence electrons. The first-order valence-corrected chi connectivity index (χ1v) is 9.35. The number of hydroxylamine groups is 1. The summed E-state index contributed by atoms with van der Waals surface area (Å²) in [6.45, 7) is 3.88. The number of hydrogen-bond donors (Lipinski definition) is 5. The molecule has 0 bridgehead atoms. The first-order chi connectivity index (χ1) is 13.3. The molecule has 8 heteroatoms. The molecule has 1 aromatic heterocycles. The van der Waals surface area contributed by atoms with Gasteiger partial charge in [-0.15, -0.1) is 0 Å². The molecule has 0 aliphatic carbocycles. The van der Waals surface area contributed by atoms with E-state index in [0.29, 0.717) is 12.8 Å². The number of nitrogens with one attached hydrogen (secondary N) is 4. The van der Waals surface area contributed by atoms with Gasteiger partial charge in [0.1, 0.15) is 6.04 Å². The maximum Gasteiger partial charge on any atom is 0.244 e. The van der Waals surface area contributed by atoms with E-state index in [9.17, 15) is 14.4 Å². The zero-order valence-electron chi connectivity index (χ0n) is 16.4. The average Bonchev–Trinajstić information content (AvgIpc) is 3.08. The van der Waals surface area contributed by atoms with E-state index in [4.69, 9.17) is 5.21 Å². The number of aromatic amines is 1. The SMILES string of the molecule is CNC(=O)[C@H](Cc1cc2ccccc2[nH]1)NC(=O)C(CC(=O)NO)CC(C)C. The molecule has 28 heavy (non-hydrogen) atoms. The van der Waals surface area contributed by atoms with E-state index >= 15 is 0 Å². The molecule has 0 spiro atoms. The monoisotopic (exact) mass is 388 g/mol. The van der Waals surface area contributed by atoms with Crippen molar-refractivity contribution >= 4 is 28.6 Å². The van der Waals surface area contributed by atoms with Gasteiger partial charge < -0.3 is 15.6 Å². The Balaban J connectivity index is 2.15. The predicted octanol–water partition coefficient (Wildman–Crippen LogP) is 1.50. The molecule has 2 atom stereocenters. The van der Waals surface area contributed by atoms with Crippen LogP contribution in [-0.2, 0) is 20.8 Å². The van der Waals surface area contributed by atoms with Gasteiger partial charge in [-0.2, -0.15) is 0 Å². The number of amides is 3. The fourth-order valence-corrected chi connectivity index (χ4v) is 3.26. The maximum absolute atomic E-state index is 12.8. The standard InChI is InChI=1S/C20H28N4O4/c1-12(2)8-14(10-18(25)24-28)19(26)23-17(20(27)21-3)11-15-9-13-6-4-5-7-16(13)22-15/h4-7,9,12,14,17,22,28H,8,10-11H2,1-3H3,(H,21,27)(H,23,26)(H,24,25)/t14?,17-/m0/s1. The van der Waals surface area contributed by atoms with Crippen LogP contribution in [0, 0.1) is 11.8 Å². The lowest BCUT2D eigenvalue weighted by molar-refractivity contribution is -0.136. The van der Waals surface area contributed by atoms with Crippen LogP contribution in [0.25, 0.3) is 10.9 Å². The summed E-state index contributed by atoms with van der Waals surface area (Å²) < 4.78 is 0. The number of carbonyl (C=O) groups is 3. The molecule has 0 radical (unpaired) electrons. The van der Waals surface area contributed by atoms with Gasteiger partial charge in [0, 0.05) is 37.0 Å². The number of para-hydroxylation sites is 1. The van der Waals surface area contributed by atoms with E-state index < -0.39 is 17.9 Å². The third-order valence-electron chi connectivity index (χ3n) is 4.57. The zero-order valence-corrected chi connectivity index (χ0v) is 16.4. The third kappa shape index (κ3) is 5.82. The van der Waals surface area contributed by atoms with Gasteiger partial charge in [-0.1, -0.05) is 32.0 Å². The Morgan fingerprint density at radius 1 is 1.14 bits per heavy atom. The Hall–Kier alpha value is -2.87. The van der Waals surface area contributed by atoms with Crippen molar-refractivity contribution in [2.45, 2.75) is 39.2 Å². The molecular formula is C20H28N4O4. The molecule has 1 heterocycles. The minimum absolute atomic E-state index is 0.145. The van der Waals surface area contributed by atoms with Gasteiger partial charge >= 0.3 is 0 Å². The minimum atomic E-state index is -0.780. The molecule has 0 aliphatic rings. The Morgan fingerprint density at radius 3 is 2.46 bits per heavy atom. The largest absolute Gasteiger partial charge is 0.358 e. The van der Waals surface area contributed by atoms with Gasteiger partial charge in [0.25, 0.3) is 0 Å². The number of H-pyrrole nitrogens is 1. The number of aromatic nitrogens is 1. The summed E-state index contributed by atoms with van der Waals surface area (Å²) in [5.74, 6) is -1.80. The van der Waals surface area contributed by atoms with Crippen LogP contribution in [0.3, 0.4) is 0 Å². The fraction of sp³-hybridized carbons (Fsp3) is 0.450. The summed E-state index contributed by atoms with van der Waals surface area (Å²) in [5.41, 5.74) is 3.34. The van der Waals surface area contributed by atoms with Crippen molar-refractivity contribution in [1.29, 1.82) is 0 Å². The zero-order chi connectivity index (χ0) is 20.7.